The molecule has 2 nitrogen and oxygen atoms in total. The summed E-state index contributed by atoms with van der Waals surface area (Å²) in [6.45, 7) is 4.94. The minimum atomic E-state index is -0.175. The third kappa shape index (κ3) is 2.58. The Labute approximate surface area is 85.6 Å². The molecule has 0 aliphatic heterocycles. The number of hydrogen-bond acceptors (Lipinski definition) is 2. The van der Waals surface area contributed by atoms with Crippen LogP contribution < -0.4 is 5.32 Å². The van der Waals surface area contributed by atoms with Crippen LogP contribution >= 0.6 is 0 Å². The number of nitrogens with zero attached hydrogens (tertiary/aromatic N) is 1. The van der Waals surface area contributed by atoms with Crippen LogP contribution in [0.25, 0.3) is 0 Å². The molecule has 1 atom stereocenters. The Balaban J connectivity index is 2.79. The SMILES string of the molecule is CCNC(C#N)c1ccc(CC)cc1. The molecule has 1 N–H and O–H groups in total. The number of nitrogens with one attached hydrogen (secondary N) is 1. The second kappa shape index (κ2) is 5.41. The van der Waals surface area contributed by atoms with E-state index >= 15 is 0 Å². The second-order valence-electron chi connectivity index (χ2n) is 3.21. The molecule has 0 aromatic heterocycles. The fourth-order valence-electron chi connectivity index (χ4n) is 1.39. The van der Waals surface area contributed by atoms with Crippen molar-refractivity contribution in [3.63, 3.8) is 0 Å². The third-order valence-electron chi connectivity index (χ3n) is 2.26. The first kappa shape index (κ1) is 10.7. The molecule has 0 bridgehead atoms. The summed E-state index contributed by atoms with van der Waals surface area (Å²) in [5.74, 6) is 0. The summed E-state index contributed by atoms with van der Waals surface area (Å²) in [7, 11) is 0. The fraction of sp³-hybridized carbons (Fsp3) is 0.417. The van der Waals surface area contributed by atoms with Gasteiger partial charge in [-0.15, -0.1) is 0 Å². The predicted octanol–water partition coefficient (Wildman–Crippen LogP) is 2.42. The molecule has 1 unspecified atom stereocenters. The first-order valence-corrected chi connectivity index (χ1v) is 5.03. The van der Waals surface area contributed by atoms with Crippen LogP contribution in [0.5, 0.6) is 0 Å². The maximum absolute atomic E-state index is 8.92. The van der Waals surface area contributed by atoms with Gasteiger partial charge in [-0.1, -0.05) is 38.1 Å². The van der Waals surface area contributed by atoms with Gasteiger partial charge in [0.05, 0.1) is 6.07 Å². The molecule has 74 valence electrons. The van der Waals surface area contributed by atoms with Gasteiger partial charge in [0, 0.05) is 0 Å². The zero-order chi connectivity index (χ0) is 10.4. The topological polar surface area (TPSA) is 35.8 Å². The molecular formula is C12H16N2. The van der Waals surface area contributed by atoms with Crippen molar-refractivity contribution in [3.05, 3.63) is 35.4 Å². The standard InChI is InChI=1S/C12H16N2/c1-3-10-5-7-11(8-6-10)12(9-13)14-4-2/h5-8,12,14H,3-4H2,1-2H3. The lowest BCUT2D eigenvalue weighted by Gasteiger charge is -2.10. The highest BCUT2D eigenvalue weighted by Gasteiger charge is 2.07. The highest BCUT2D eigenvalue weighted by Crippen LogP contribution is 2.13. The van der Waals surface area contributed by atoms with Gasteiger partial charge in [-0.25, -0.2) is 0 Å². The predicted molar refractivity (Wildman–Crippen MR) is 57.9 cm³/mol. The van der Waals surface area contributed by atoms with Gasteiger partial charge in [0.2, 0.25) is 0 Å². The molecule has 1 aromatic carbocycles. The third-order valence-corrected chi connectivity index (χ3v) is 2.26. The molecule has 0 radical (unpaired) electrons. The van der Waals surface area contributed by atoms with Crippen LogP contribution in [0.4, 0.5) is 0 Å². The number of hydrogen-bond donors (Lipinski definition) is 1. The molecule has 0 saturated carbocycles. The van der Waals surface area contributed by atoms with E-state index in [0.717, 1.165) is 18.5 Å². The lowest BCUT2D eigenvalue weighted by Crippen LogP contribution is -2.19. The zero-order valence-electron chi connectivity index (χ0n) is 8.75. The molecule has 0 spiro atoms. The summed E-state index contributed by atoms with van der Waals surface area (Å²) < 4.78 is 0. The first-order chi connectivity index (χ1) is 6.81. The normalized spacial score (nSPS) is 12.1. The van der Waals surface area contributed by atoms with Crippen molar-refractivity contribution in [2.24, 2.45) is 0 Å². The van der Waals surface area contributed by atoms with Crippen LogP contribution in [0.1, 0.15) is 31.0 Å². The highest BCUT2D eigenvalue weighted by atomic mass is 14.9. The number of rotatable bonds is 4. The summed E-state index contributed by atoms with van der Waals surface area (Å²) in [6.07, 6.45) is 1.04. The van der Waals surface area contributed by atoms with Crippen molar-refractivity contribution in [1.82, 2.24) is 5.32 Å². The van der Waals surface area contributed by atoms with Crippen LogP contribution in [0.2, 0.25) is 0 Å². The molecule has 0 aliphatic rings. The molecular weight excluding hydrogens is 172 g/mol. The summed E-state index contributed by atoms with van der Waals surface area (Å²) in [6, 6.07) is 10.3. The van der Waals surface area contributed by atoms with Gasteiger partial charge in [0.25, 0.3) is 0 Å². The van der Waals surface area contributed by atoms with Crippen molar-refractivity contribution in [2.75, 3.05) is 6.54 Å². The molecule has 2 heteroatoms. The van der Waals surface area contributed by atoms with Gasteiger partial charge in [0.1, 0.15) is 6.04 Å². The minimum Gasteiger partial charge on any atom is -0.298 e. The molecule has 14 heavy (non-hydrogen) atoms. The van der Waals surface area contributed by atoms with Crippen LogP contribution in [0.15, 0.2) is 24.3 Å². The van der Waals surface area contributed by atoms with Gasteiger partial charge < -0.3 is 0 Å². The van der Waals surface area contributed by atoms with E-state index in [1.807, 2.05) is 19.1 Å². The molecule has 0 aliphatic carbocycles. The van der Waals surface area contributed by atoms with Crippen molar-refractivity contribution in [1.29, 1.82) is 5.26 Å². The molecule has 0 saturated heterocycles. The van der Waals surface area contributed by atoms with E-state index in [1.54, 1.807) is 0 Å². The Hall–Kier alpha value is -1.33. The van der Waals surface area contributed by atoms with Gasteiger partial charge in [0.15, 0.2) is 0 Å². The molecule has 0 amide bonds. The van der Waals surface area contributed by atoms with Crippen molar-refractivity contribution < 1.29 is 0 Å². The molecule has 0 fully saturated rings. The van der Waals surface area contributed by atoms with Crippen LogP contribution in [-0.2, 0) is 6.42 Å². The van der Waals surface area contributed by atoms with Gasteiger partial charge >= 0.3 is 0 Å². The number of aryl methyl sites for hydroxylation is 1. The van der Waals surface area contributed by atoms with Crippen molar-refractivity contribution >= 4 is 0 Å². The Bertz CT molecular complexity index is 308. The lowest BCUT2D eigenvalue weighted by atomic mass is 10.0. The summed E-state index contributed by atoms with van der Waals surface area (Å²) in [5.41, 5.74) is 2.36. The lowest BCUT2D eigenvalue weighted by molar-refractivity contribution is 0.658. The van der Waals surface area contributed by atoms with E-state index in [9.17, 15) is 0 Å². The summed E-state index contributed by atoms with van der Waals surface area (Å²) in [4.78, 5) is 0. The molecule has 1 aromatic rings. The molecule has 0 heterocycles. The van der Waals surface area contributed by atoms with Crippen molar-refractivity contribution in [2.45, 2.75) is 26.3 Å². The van der Waals surface area contributed by atoms with E-state index in [2.05, 4.69) is 30.4 Å². The van der Waals surface area contributed by atoms with Gasteiger partial charge in [-0.3, -0.25) is 5.32 Å². The summed E-state index contributed by atoms with van der Waals surface area (Å²) in [5, 5.41) is 12.0. The minimum absolute atomic E-state index is 0.175. The average molecular weight is 188 g/mol. The Morgan fingerprint density at radius 3 is 2.36 bits per heavy atom. The Kier molecular flexibility index (Phi) is 4.15. The second-order valence-corrected chi connectivity index (χ2v) is 3.21. The number of nitriles is 1. The Morgan fingerprint density at radius 1 is 1.29 bits per heavy atom. The first-order valence-electron chi connectivity index (χ1n) is 5.03. The van der Waals surface area contributed by atoms with Crippen LogP contribution in [-0.4, -0.2) is 6.54 Å². The maximum Gasteiger partial charge on any atom is 0.121 e. The molecule has 1 rings (SSSR count). The van der Waals surface area contributed by atoms with Crippen molar-refractivity contribution in [3.8, 4) is 6.07 Å². The monoisotopic (exact) mass is 188 g/mol. The maximum atomic E-state index is 8.92. The quantitative estimate of drug-likeness (QED) is 0.787. The van der Waals surface area contributed by atoms with E-state index in [4.69, 9.17) is 5.26 Å². The number of benzene rings is 1. The van der Waals surface area contributed by atoms with Crippen LogP contribution in [0.3, 0.4) is 0 Å². The Morgan fingerprint density at radius 2 is 1.93 bits per heavy atom. The fourth-order valence-corrected chi connectivity index (χ4v) is 1.39. The van der Waals surface area contributed by atoms with Gasteiger partial charge in [-0.2, -0.15) is 5.26 Å². The average Bonchev–Trinajstić information content (AvgIpc) is 2.26. The highest BCUT2D eigenvalue weighted by molar-refractivity contribution is 5.28. The summed E-state index contributed by atoms with van der Waals surface area (Å²) >= 11 is 0. The smallest absolute Gasteiger partial charge is 0.121 e. The van der Waals surface area contributed by atoms with E-state index in [0.29, 0.717) is 0 Å². The van der Waals surface area contributed by atoms with E-state index in [1.165, 1.54) is 5.56 Å². The van der Waals surface area contributed by atoms with Crippen LogP contribution in [0, 0.1) is 11.3 Å². The largest absolute Gasteiger partial charge is 0.298 e. The van der Waals surface area contributed by atoms with Gasteiger partial charge in [-0.05, 0) is 24.1 Å². The van der Waals surface area contributed by atoms with E-state index < -0.39 is 0 Å². The van der Waals surface area contributed by atoms with E-state index in [-0.39, 0.29) is 6.04 Å². The zero-order valence-corrected chi connectivity index (χ0v) is 8.75.